The van der Waals surface area contributed by atoms with E-state index in [-0.39, 0.29) is 29.3 Å². The quantitative estimate of drug-likeness (QED) is 0.362. The van der Waals surface area contributed by atoms with E-state index >= 15 is 0 Å². The van der Waals surface area contributed by atoms with Crippen molar-refractivity contribution in [2.75, 3.05) is 7.11 Å². The second kappa shape index (κ2) is 10.1. The summed E-state index contributed by atoms with van der Waals surface area (Å²) in [4.78, 5) is 35.3. The van der Waals surface area contributed by atoms with E-state index in [4.69, 9.17) is 9.26 Å². The van der Waals surface area contributed by atoms with Crippen LogP contribution in [0.1, 0.15) is 16.8 Å². The number of nitrogens with zero attached hydrogens (tertiary/aromatic N) is 4. The van der Waals surface area contributed by atoms with E-state index in [1.54, 1.807) is 30.0 Å². The Labute approximate surface area is 212 Å². The molecule has 0 aliphatic carbocycles. The number of rotatable bonds is 7. The molecule has 3 heterocycles. The van der Waals surface area contributed by atoms with Gasteiger partial charge < -0.3 is 19.1 Å². The van der Waals surface area contributed by atoms with Crippen LogP contribution in [0.5, 0.6) is 5.75 Å². The van der Waals surface area contributed by atoms with Gasteiger partial charge in [0.25, 0.3) is 5.89 Å². The normalized spacial score (nSPS) is 11.0. The molecule has 0 atom stereocenters. The van der Waals surface area contributed by atoms with Gasteiger partial charge in [-0.1, -0.05) is 41.1 Å². The van der Waals surface area contributed by atoms with E-state index in [2.05, 4.69) is 20.4 Å². The summed E-state index contributed by atoms with van der Waals surface area (Å²) in [6, 6.07) is 18.6. The second-order valence-corrected chi connectivity index (χ2v) is 8.74. The minimum Gasteiger partial charge on any atom is -0.497 e. The highest BCUT2D eigenvalue weighted by atomic mass is 16.5. The summed E-state index contributed by atoms with van der Waals surface area (Å²) in [6.45, 7) is 4.08. The van der Waals surface area contributed by atoms with Crippen LogP contribution in [0.4, 0.5) is 0 Å². The average molecular weight is 496 g/mol. The minimum atomic E-state index is -0.296. The van der Waals surface area contributed by atoms with Gasteiger partial charge in [0, 0.05) is 24.0 Å². The van der Waals surface area contributed by atoms with Gasteiger partial charge in [-0.3, -0.25) is 9.59 Å². The van der Waals surface area contributed by atoms with Gasteiger partial charge in [0.05, 0.1) is 12.5 Å². The van der Waals surface area contributed by atoms with Crippen molar-refractivity contribution in [1.29, 1.82) is 0 Å². The number of pyridine rings is 2. The van der Waals surface area contributed by atoms with Crippen molar-refractivity contribution in [3.8, 4) is 28.6 Å². The molecule has 5 rings (SSSR count). The Hall–Kier alpha value is -4.79. The summed E-state index contributed by atoms with van der Waals surface area (Å²) in [5, 5.41) is 7.34. The predicted octanol–water partition coefficient (Wildman–Crippen LogP) is 4.06. The Morgan fingerprint density at radius 3 is 2.70 bits per heavy atom. The lowest BCUT2D eigenvalue weighted by atomic mass is 10.1. The zero-order valence-corrected chi connectivity index (χ0v) is 20.7. The molecule has 0 spiro atoms. The maximum Gasteiger partial charge on any atom is 0.263 e. The van der Waals surface area contributed by atoms with Crippen LogP contribution in [0, 0.1) is 13.8 Å². The first kappa shape index (κ1) is 23.9. The lowest BCUT2D eigenvalue weighted by Crippen LogP contribution is -2.28. The van der Waals surface area contributed by atoms with Crippen molar-refractivity contribution < 1.29 is 14.1 Å². The molecule has 0 fully saturated rings. The van der Waals surface area contributed by atoms with Gasteiger partial charge in [-0.15, -0.1) is 0 Å². The fourth-order valence-electron chi connectivity index (χ4n) is 4.06. The van der Waals surface area contributed by atoms with Crippen molar-refractivity contribution in [1.82, 2.24) is 25.0 Å². The third kappa shape index (κ3) is 5.11. The minimum absolute atomic E-state index is 0.0525. The molecule has 0 saturated heterocycles. The van der Waals surface area contributed by atoms with Crippen LogP contribution < -0.4 is 15.5 Å². The third-order valence-electron chi connectivity index (χ3n) is 5.93. The largest absolute Gasteiger partial charge is 0.497 e. The van der Waals surface area contributed by atoms with Gasteiger partial charge in [0.1, 0.15) is 23.5 Å². The molecule has 9 nitrogen and oxygen atoms in total. The number of fused-ring (bicyclic) bond motifs is 1. The number of carbonyl (C=O) groups excluding carboxylic acids is 1. The smallest absolute Gasteiger partial charge is 0.263 e. The fourth-order valence-corrected chi connectivity index (χ4v) is 4.06. The van der Waals surface area contributed by atoms with Crippen LogP contribution in [0.3, 0.4) is 0 Å². The van der Waals surface area contributed by atoms with Crippen LogP contribution in [0.25, 0.3) is 33.9 Å². The van der Waals surface area contributed by atoms with Crippen molar-refractivity contribution in [2.45, 2.75) is 26.9 Å². The maximum absolute atomic E-state index is 13.4. The van der Waals surface area contributed by atoms with Crippen LogP contribution in [0.15, 0.2) is 76.2 Å². The number of aromatic nitrogens is 4. The number of hydrogen-bond acceptors (Lipinski definition) is 7. The summed E-state index contributed by atoms with van der Waals surface area (Å²) in [5.74, 6) is 0.928. The molecule has 0 radical (unpaired) electrons. The van der Waals surface area contributed by atoms with Crippen molar-refractivity contribution in [3.63, 3.8) is 0 Å². The number of aryl methyl sites for hydroxylation is 2. The SMILES string of the molecule is COc1cccc(CNC(=O)Cn2cc(-c3nc(-c4cccc(C)c4)no3)c(=O)c3ccc(C)nc32)c1. The summed E-state index contributed by atoms with van der Waals surface area (Å²) in [7, 11) is 1.60. The van der Waals surface area contributed by atoms with E-state index in [1.807, 2.05) is 62.4 Å². The Morgan fingerprint density at radius 1 is 1.05 bits per heavy atom. The second-order valence-electron chi connectivity index (χ2n) is 8.74. The van der Waals surface area contributed by atoms with E-state index in [0.29, 0.717) is 29.2 Å². The lowest BCUT2D eigenvalue weighted by molar-refractivity contribution is -0.121. The van der Waals surface area contributed by atoms with Gasteiger partial charge in [0.2, 0.25) is 17.2 Å². The molecule has 0 unspecified atom stereocenters. The Kier molecular flexibility index (Phi) is 6.51. The van der Waals surface area contributed by atoms with E-state index < -0.39 is 0 Å². The first-order valence-electron chi connectivity index (χ1n) is 11.7. The number of carbonyl (C=O) groups is 1. The molecule has 1 amide bonds. The molecule has 5 aromatic rings. The van der Waals surface area contributed by atoms with E-state index in [9.17, 15) is 9.59 Å². The highest BCUT2D eigenvalue weighted by Crippen LogP contribution is 2.23. The molecule has 37 heavy (non-hydrogen) atoms. The summed E-state index contributed by atoms with van der Waals surface area (Å²) in [5.41, 5.74) is 3.78. The van der Waals surface area contributed by atoms with Gasteiger partial charge >= 0.3 is 0 Å². The van der Waals surface area contributed by atoms with Gasteiger partial charge in [-0.25, -0.2) is 4.98 Å². The van der Waals surface area contributed by atoms with Gasteiger partial charge in [-0.2, -0.15) is 4.98 Å². The maximum atomic E-state index is 13.4. The van der Waals surface area contributed by atoms with Crippen molar-refractivity contribution >= 4 is 16.9 Å². The number of hydrogen-bond donors (Lipinski definition) is 1. The van der Waals surface area contributed by atoms with Gasteiger partial charge in [0.15, 0.2) is 0 Å². The van der Waals surface area contributed by atoms with Crippen LogP contribution in [-0.2, 0) is 17.9 Å². The fraction of sp³-hybridized carbons (Fsp3) is 0.179. The number of methoxy groups -OCH3 is 1. The standard InChI is InChI=1S/C28H25N5O4/c1-17-6-4-8-20(12-17)26-31-28(37-32-26)23-15-33(27-22(25(23)35)11-10-18(2)30-27)16-24(34)29-14-19-7-5-9-21(13-19)36-3/h4-13,15H,14,16H2,1-3H3,(H,29,34). The summed E-state index contributed by atoms with van der Waals surface area (Å²) >= 11 is 0. The number of benzene rings is 2. The summed E-state index contributed by atoms with van der Waals surface area (Å²) in [6.07, 6.45) is 1.55. The average Bonchev–Trinajstić information content (AvgIpc) is 3.39. The Bertz CT molecular complexity index is 1670. The molecule has 3 aromatic heterocycles. The predicted molar refractivity (Wildman–Crippen MR) is 139 cm³/mol. The highest BCUT2D eigenvalue weighted by molar-refractivity contribution is 5.83. The third-order valence-corrected chi connectivity index (χ3v) is 5.93. The van der Waals surface area contributed by atoms with Crippen LogP contribution >= 0.6 is 0 Å². The molecule has 1 N–H and O–H groups in total. The molecule has 0 aliphatic rings. The molecule has 0 bridgehead atoms. The van der Waals surface area contributed by atoms with E-state index in [0.717, 1.165) is 22.4 Å². The first-order chi connectivity index (χ1) is 17.9. The molecule has 186 valence electrons. The molecule has 9 heteroatoms. The van der Waals surface area contributed by atoms with E-state index in [1.165, 1.54) is 0 Å². The lowest BCUT2D eigenvalue weighted by Gasteiger charge is -2.13. The molecule has 0 saturated carbocycles. The number of amides is 1. The zero-order valence-electron chi connectivity index (χ0n) is 20.7. The van der Waals surface area contributed by atoms with Crippen molar-refractivity contribution in [3.05, 3.63) is 93.9 Å². The van der Waals surface area contributed by atoms with Crippen LogP contribution in [-0.4, -0.2) is 32.7 Å². The first-order valence-corrected chi connectivity index (χ1v) is 11.7. The monoisotopic (exact) mass is 495 g/mol. The Morgan fingerprint density at radius 2 is 1.89 bits per heavy atom. The molecule has 0 aliphatic heterocycles. The molecule has 2 aromatic carbocycles. The zero-order chi connectivity index (χ0) is 25.9. The summed E-state index contributed by atoms with van der Waals surface area (Å²) < 4.78 is 12.4. The van der Waals surface area contributed by atoms with Crippen LogP contribution in [0.2, 0.25) is 0 Å². The van der Waals surface area contributed by atoms with Crippen molar-refractivity contribution in [2.24, 2.45) is 0 Å². The van der Waals surface area contributed by atoms with Gasteiger partial charge in [-0.05, 0) is 49.7 Å². The number of ether oxygens (including phenoxy) is 1. The number of nitrogens with one attached hydrogen (secondary N) is 1. The highest BCUT2D eigenvalue weighted by Gasteiger charge is 2.19. The molecular weight excluding hydrogens is 470 g/mol. The Balaban J connectivity index is 1.48. The molecular formula is C28H25N5O4. The topological polar surface area (TPSA) is 112 Å².